The summed E-state index contributed by atoms with van der Waals surface area (Å²) in [6.45, 7) is 1.67. The maximum absolute atomic E-state index is 13.4. The molecule has 0 unspecified atom stereocenters. The van der Waals surface area contributed by atoms with Crippen LogP contribution < -0.4 is 11.1 Å². The molecule has 1 saturated carbocycles. The molecule has 5 heteroatoms. The number of thiocarbonyl (C=S) groups is 1. The fourth-order valence-corrected chi connectivity index (χ4v) is 2.33. The Labute approximate surface area is 111 Å². The van der Waals surface area contributed by atoms with Crippen LogP contribution in [0.3, 0.4) is 0 Å². The van der Waals surface area contributed by atoms with Gasteiger partial charge in [-0.05, 0) is 37.5 Å². The van der Waals surface area contributed by atoms with Crippen LogP contribution in [0.1, 0.15) is 24.8 Å². The van der Waals surface area contributed by atoms with E-state index in [9.17, 15) is 9.18 Å². The van der Waals surface area contributed by atoms with Gasteiger partial charge in [0, 0.05) is 5.69 Å². The summed E-state index contributed by atoms with van der Waals surface area (Å²) in [5.74, 6) is -0.574. The molecule has 3 nitrogen and oxygen atoms in total. The minimum absolute atomic E-state index is 0.221. The molecule has 1 aromatic rings. The van der Waals surface area contributed by atoms with Gasteiger partial charge in [0.2, 0.25) is 5.91 Å². The molecule has 18 heavy (non-hydrogen) atoms. The molecule has 0 aliphatic heterocycles. The Hall–Kier alpha value is -1.49. The fourth-order valence-electron chi connectivity index (χ4n) is 2.04. The Morgan fingerprint density at radius 2 is 2.17 bits per heavy atom. The van der Waals surface area contributed by atoms with Crippen molar-refractivity contribution in [2.45, 2.75) is 26.2 Å². The predicted molar refractivity (Wildman–Crippen MR) is 72.8 cm³/mol. The molecular formula is C13H15FN2OS. The zero-order valence-electron chi connectivity index (χ0n) is 10.1. The number of rotatable bonds is 3. The van der Waals surface area contributed by atoms with Crippen molar-refractivity contribution in [1.29, 1.82) is 0 Å². The van der Waals surface area contributed by atoms with E-state index in [0.29, 0.717) is 24.1 Å². The molecule has 1 amide bonds. The number of aryl methyl sites for hydroxylation is 1. The highest BCUT2D eigenvalue weighted by atomic mass is 32.1. The maximum atomic E-state index is 13.4. The highest BCUT2D eigenvalue weighted by Gasteiger charge is 2.46. The molecule has 0 atom stereocenters. The lowest BCUT2D eigenvalue weighted by atomic mass is 9.68. The van der Waals surface area contributed by atoms with Gasteiger partial charge >= 0.3 is 0 Å². The molecule has 0 radical (unpaired) electrons. The first-order chi connectivity index (χ1) is 8.45. The van der Waals surface area contributed by atoms with Crippen molar-refractivity contribution in [3.05, 3.63) is 29.6 Å². The van der Waals surface area contributed by atoms with E-state index in [4.69, 9.17) is 18.0 Å². The Kier molecular flexibility index (Phi) is 3.34. The minimum atomic E-state index is -0.739. The van der Waals surface area contributed by atoms with Crippen molar-refractivity contribution in [2.75, 3.05) is 5.32 Å². The quantitative estimate of drug-likeness (QED) is 0.827. The largest absolute Gasteiger partial charge is 0.392 e. The molecule has 1 aliphatic carbocycles. The lowest BCUT2D eigenvalue weighted by Crippen LogP contribution is -2.50. The van der Waals surface area contributed by atoms with Gasteiger partial charge in [-0.3, -0.25) is 4.79 Å². The minimum Gasteiger partial charge on any atom is -0.392 e. The first-order valence-corrected chi connectivity index (χ1v) is 6.24. The smallest absolute Gasteiger partial charge is 0.237 e. The van der Waals surface area contributed by atoms with E-state index in [-0.39, 0.29) is 16.7 Å². The van der Waals surface area contributed by atoms with Crippen LogP contribution in [0.2, 0.25) is 0 Å². The lowest BCUT2D eigenvalue weighted by molar-refractivity contribution is -0.125. The predicted octanol–water partition coefficient (Wildman–Crippen LogP) is 2.53. The van der Waals surface area contributed by atoms with Gasteiger partial charge in [0.05, 0.1) is 10.4 Å². The molecule has 96 valence electrons. The highest BCUT2D eigenvalue weighted by Crippen LogP contribution is 2.42. The topological polar surface area (TPSA) is 55.1 Å². The Bertz CT molecular complexity index is 512. The van der Waals surface area contributed by atoms with Gasteiger partial charge in [-0.15, -0.1) is 0 Å². The van der Waals surface area contributed by atoms with Gasteiger partial charge in [-0.2, -0.15) is 0 Å². The van der Waals surface area contributed by atoms with Crippen LogP contribution in [-0.2, 0) is 4.79 Å². The molecule has 2 rings (SSSR count). The maximum Gasteiger partial charge on any atom is 0.237 e. The second-order valence-corrected chi connectivity index (χ2v) is 5.16. The standard InChI is InChI=1S/C13H15FN2OS/c1-8-3-4-9(7-10(8)14)16-12(17)13(11(15)18)5-2-6-13/h3-4,7H,2,5-6H2,1H3,(H2,15,18)(H,16,17). The SMILES string of the molecule is Cc1ccc(NC(=O)C2(C(N)=S)CCC2)cc1F. The number of carbonyl (C=O) groups is 1. The summed E-state index contributed by atoms with van der Waals surface area (Å²) in [6, 6.07) is 4.60. The van der Waals surface area contributed by atoms with Gasteiger partial charge in [0.25, 0.3) is 0 Å². The molecular weight excluding hydrogens is 251 g/mol. The van der Waals surface area contributed by atoms with E-state index in [1.54, 1.807) is 19.1 Å². The number of nitrogens with one attached hydrogen (secondary N) is 1. The summed E-state index contributed by atoms with van der Waals surface area (Å²) in [4.78, 5) is 12.4. The molecule has 1 fully saturated rings. The summed E-state index contributed by atoms with van der Waals surface area (Å²) in [5, 5.41) is 2.69. The molecule has 3 N–H and O–H groups in total. The van der Waals surface area contributed by atoms with Gasteiger partial charge in [-0.1, -0.05) is 24.7 Å². The second-order valence-electron chi connectivity index (χ2n) is 4.72. The third-order valence-electron chi connectivity index (χ3n) is 3.54. The number of nitrogens with two attached hydrogens (primary N) is 1. The van der Waals surface area contributed by atoms with E-state index in [2.05, 4.69) is 5.32 Å². The fraction of sp³-hybridized carbons (Fsp3) is 0.385. The summed E-state index contributed by atoms with van der Waals surface area (Å²) in [5.41, 5.74) is 5.88. The van der Waals surface area contributed by atoms with Crippen LogP contribution in [0.4, 0.5) is 10.1 Å². The molecule has 1 aromatic carbocycles. The van der Waals surface area contributed by atoms with Gasteiger partial charge in [-0.25, -0.2) is 4.39 Å². The highest BCUT2D eigenvalue weighted by molar-refractivity contribution is 7.80. The van der Waals surface area contributed by atoms with Crippen LogP contribution >= 0.6 is 12.2 Å². The summed E-state index contributed by atoms with van der Waals surface area (Å²) < 4.78 is 13.4. The van der Waals surface area contributed by atoms with Crippen LogP contribution in [0.5, 0.6) is 0 Å². The third-order valence-corrected chi connectivity index (χ3v) is 3.93. The normalized spacial score (nSPS) is 16.8. The summed E-state index contributed by atoms with van der Waals surface area (Å²) in [7, 11) is 0. The van der Waals surface area contributed by atoms with Crippen LogP contribution in [0.15, 0.2) is 18.2 Å². The zero-order chi connectivity index (χ0) is 13.3. The van der Waals surface area contributed by atoms with E-state index in [1.165, 1.54) is 6.07 Å². The number of hydrogen-bond acceptors (Lipinski definition) is 2. The zero-order valence-corrected chi connectivity index (χ0v) is 10.9. The van der Waals surface area contributed by atoms with E-state index in [1.807, 2.05) is 0 Å². The molecule has 0 bridgehead atoms. The number of benzene rings is 1. The Morgan fingerprint density at radius 3 is 2.61 bits per heavy atom. The van der Waals surface area contributed by atoms with E-state index in [0.717, 1.165) is 6.42 Å². The average Bonchev–Trinajstić information content (AvgIpc) is 2.21. The molecule has 0 spiro atoms. The third kappa shape index (κ3) is 2.10. The van der Waals surface area contributed by atoms with Crippen molar-refractivity contribution >= 4 is 28.8 Å². The molecule has 0 heterocycles. The van der Waals surface area contributed by atoms with Crippen LogP contribution in [0, 0.1) is 18.2 Å². The number of halogens is 1. The van der Waals surface area contributed by atoms with Crippen molar-refractivity contribution in [2.24, 2.45) is 11.1 Å². The number of amides is 1. The average molecular weight is 266 g/mol. The number of anilines is 1. The summed E-state index contributed by atoms with van der Waals surface area (Å²) >= 11 is 4.96. The van der Waals surface area contributed by atoms with Gasteiger partial charge in [0.1, 0.15) is 5.82 Å². The van der Waals surface area contributed by atoms with Crippen LogP contribution in [-0.4, -0.2) is 10.9 Å². The first kappa shape index (κ1) is 13.0. The molecule has 0 aromatic heterocycles. The molecule has 0 saturated heterocycles. The van der Waals surface area contributed by atoms with Crippen molar-refractivity contribution in [1.82, 2.24) is 0 Å². The van der Waals surface area contributed by atoms with Gasteiger partial charge < -0.3 is 11.1 Å². The van der Waals surface area contributed by atoms with E-state index < -0.39 is 5.41 Å². The van der Waals surface area contributed by atoms with Crippen LogP contribution in [0.25, 0.3) is 0 Å². The summed E-state index contributed by atoms with van der Waals surface area (Å²) in [6.07, 6.45) is 2.28. The van der Waals surface area contributed by atoms with Crippen molar-refractivity contribution < 1.29 is 9.18 Å². The second kappa shape index (κ2) is 4.65. The van der Waals surface area contributed by atoms with Crippen molar-refractivity contribution in [3.8, 4) is 0 Å². The van der Waals surface area contributed by atoms with Crippen molar-refractivity contribution in [3.63, 3.8) is 0 Å². The monoisotopic (exact) mass is 266 g/mol. The first-order valence-electron chi connectivity index (χ1n) is 5.83. The van der Waals surface area contributed by atoms with E-state index >= 15 is 0 Å². The Balaban J connectivity index is 2.16. The number of hydrogen-bond donors (Lipinski definition) is 2. The van der Waals surface area contributed by atoms with Gasteiger partial charge in [0.15, 0.2) is 0 Å². The Morgan fingerprint density at radius 1 is 1.50 bits per heavy atom. The number of carbonyl (C=O) groups excluding carboxylic acids is 1. The lowest BCUT2D eigenvalue weighted by Gasteiger charge is -2.39. The molecule has 1 aliphatic rings.